The minimum Gasteiger partial charge on any atom is -0.465 e. The lowest BCUT2D eigenvalue weighted by Gasteiger charge is -2.11. The van der Waals surface area contributed by atoms with Gasteiger partial charge in [0.05, 0.1) is 18.2 Å². The topological polar surface area (TPSA) is 26.3 Å². The van der Waals surface area contributed by atoms with Gasteiger partial charge in [0.15, 0.2) is 0 Å². The Bertz CT molecular complexity index is 431. The van der Waals surface area contributed by atoms with E-state index in [1.54, 1.807) is 22.6 Å². The van der Waals surface area contributed by atoms with Crippen molar-refractivity contribution in [1.29, 1.82) is 0 Å². The van der Waals surface area contributed by atoms with Gasteiger partial charge in [-0.1, -0.05) is 15.9 Å². The molecule has 0 aromatic heterocycles. The summed E-state index contributed by atoms with van der Waals surface area (Å²) in [6, 6.07) is 2.01. The number of alkyl halides is 3. The number of ether oxygens (including phenoxy) is 1. The minimum atomic E-state index is -4.45. The molecule has 0 fully saturated rings. The van der Waals surface area contributed by atoms with Crippen LogP contribution in [0.1, 0.15) is 15.9 Å². The SMILES string of the molecule is COC(=O)c1cc(Br)c(C(F)(F)F)cc1I. The van der Waals surface area contributed by atoms with Gasteiger partial charge < -0.3 is 4.74 Å². The summed E-state index contributed by atoms with van der Waals surface area (Å²) in [6.45, 7) is 0. The first-order valence-corrected chi connectivity index (χ1v) is 5.79. The average molecular weight is 409 g/mol. The number of hydrogen-bond donors (Lipinski definition) is 0. The maximum absolute atomic E-state index is 12.5. The third kappa shape index (κ3) is 2.88. The van der Waals surface area contributed by atoms with Gasteiger partial charge in [0, 0.05) is 8.04 Å². The van der Waals surface area contributed by atoms with Gasteiger partial charge in [0.25, 0.3) is 0 Å². The molecule has 1 aromatic rings. The third-order valence-corrected chi connectivity index (χ3v) is 3.32. The molecule has 0 aliphatic rings. The van der Waals surface area contributed by atoms with E-state index in [1.165, 1.54) is 7.11 Å². The molecule has 0 N–H and O–H groups in total. The molecule has 0 spiro atoms. The van der Waals surface area contributed by atoms with E-state index in [9.17, 15) is 18.0 Å². The van der Waals surface area contributed by atoms with E-state index >= 15 is 0 Å². The molecule has 0 atom stereocenters. The van der Waals surface area contributed by atoms with Crippen LogP contribution in [0.3, 0.4) is 0 Å². The monoisotopic (exact) mass is 408 g/mol. The molecule has 1 rings (SSSR count). The van der Waals surface area contributed by atoms with Gasteiger partial charge in [-0.05, 0) is 34.7 Å². The van der Waals surface area contributed by atoms with E-state index in [-0.39, 0.29) is 13.6 Å². The predicted molar refractivity (Wildman–Crippen MR) is 63.2 cm³/mol. The van der Waals surface area contributed by atoms with Crippen molar-refractivity contribution in [3.05, 3.63) is 31.3 Å². The molecule has 1 aromatic carbocycles. The van der Waals surface area contributed by atoms with Gasteiger partial charge in [-0.15, -0.1) is 0 Å². The summed E-state index contributed by atoms with van der Waals surface area (Å²) in [6.07, 6.45) is -4.45. The maximum Gasteiger partial charge on any atom is 0.417 e. The molecule has 0 unspecified atom stereocenters. The van der Waals surface area contributed by atoms with Crippen molar-refractivity contribution in [3.8, 4) is 0 Å². The maximum atomic E-state index is 12.5. The Hall–Kier alpha value is -0.310. The van der Waals surface area contributed by atoms with Gasteiger partial charge >= 0.3 is 12.1 Å². The summed E-state index contributed by atoms with van der Waals surface area (Å²) in [7, 11) is 1.17. The first-order chi connectivity index (χ1) is 7.27. The second kappa shape index (κ2) is 4.91. The van der Waals surface area contributed by atoms with Crippen molar-refractivity contribution in [2.45, 2.75) is 6.18 Å². The number of halogens is 5. The fraction of sp³-hybridized carbons (Fsp3) is 0.222. The zero-order chi connectivity index (χ0) is 12.5. The highest BCUT2D eigenvalue weighted by molar-refractivity contribution is 14.1. The van der Waals surface area contributed by atoms with Crippen LogP contribution in [0.4, 0.5) is 13.2 Å². The van der Waals surface area contributed by atoms with Gasteiger partial charge in [-0.2, -0.15) is 13.2 Å². The van der Waals surface area contributed by atoms with Gasteiger partial charge in [0.1, 0.15) is 0 Å². The quantitative estimate of drug-likeness (QED) is 0.521. The molecule has 16 heavy (non-hydrogen) atoms. The van der Waals surface area contributed by atoms with E-state index in [0.29, 0.717) is 0 Å². The molecular formula is C9H5BrF3IO2. The van der Waals surface area contributed by atoms with E-state index in [1.807, 2.05) is 0 Å². The lowest BCUT2D eigenvalue weighted by Crippen LogP contribution is -2.10. The highest BCUT2D eigenvalue weighted by atomic mass is 127. The van der Waals surface area contributed by atoms with Crippen molar-refractivity contribution in [3.63, 3.8) is 0 Å². The molecule has 0 aliphatic heterocycles. The highest BCUT2D eigenvalue weighted by Crippen LogP contribution is 2.36. The smallest absolute Gasteiger partial charge is 0.417 e. The molecule has 0 bridgehead atoms. The lowest BCUT2D eigenvalue weighted by atomic mass is 10.1. The van der Waals surface area contributed by atoms with Crippen LogP contribution in [-0.2, 0) is 10.9 Å². The number of carbonyl (C=O) groups excluding carboxylic acids is 1. The summed E-state index contributed by atoms with van der Waals surface area (Å²) >= 11 is 4.44. The molecule has 0 saturated heterocycles. The zero-order valence-electron chi connectivity index (χ0n) is 7.86. The highest BCUT2D eigenvalue weighted by Gasteiger charge is 2.34. The fourth-order valence-electron chi connectivity index (χ4n) is 1.03. The molecule has 2 nitrogen and oxygen atoms in total. The Morgan fingerprint density at radius 3 is 2.44 bits per heavy atom. The molecule has 0 amide bonds. The summed E-state index contributed by atoms with van der Waals surface area (Å²) in [4.78, 5) is 11.2. The number of carbonyl (C=O) groups is 1. The van der Waals surface area contributed by atoms with E-state index in [4.69, 9.17) is 0 Å². The Labute approximate surface area is 111 Å². The first-order valence-electron chi connectivity index (χ1n) is 3.92. The van der Waals surface area contributed by atoms with Gasteiger partial charge in [-0.25, -0.2) is 4.79 Å². The molecule has 0 saturated carbocycles. The Morgan fingerprint density at radius 2 is 2.00 bits per heavy atom. The summed E-state index contributed by atoms with van der Waals surface area (Å²) in [5.74, 6) is -0.668. The molecule has 0 heterocycles. The average Bonchev–Trinajstić information content (AvgIpc) is 2.18. The normalized spacial score (nSPS) is 11.4. The van der Waals surface area contributed by atoms with Gasteiger partial charge in [-0.3, -0.25) is 0 Å². The van der Waals surface area contributed by atoms with Crippen LogP contribution in [-0.4, -0.2) is 13.1 Å². The van der Waals surface area contributed by atoms with Gasteiger partial charge in [0.2, 0.25) is 0 Å². The molecule has 0 radical (unpaired) electrons. The third-order valence-electron chi connectivity index (χ3n) is 1.77. The minimum absolute atomic E-state index is 0.1000. The van der Waals surface area contributed by atoms with E-state index < -0.39 is 17.7 Å². The van der Waals surface area contributed by atoms with Crippen LogP contribution >= 0.6 is 38.5 Å². The van der Waals surface area contributed by atoms with Crippen LogP contribution in [0.25, 0.3) is 0 Å². The molecule has 0 aliphatic carbocycles. The van der Waals surface area contributed by atoms with Crippen molar-refractivity contribution in [1.82, 2.24) is 0 Å². The first kappa shape index (κ1) is 13.8. The van der Waals surface area contributed by atoms with Crippen molar-refractivity contribution in [2.24, 2.45) is 0 Å². The summed E-state index contributed by atoms with van der Waals surface area (Å²) in [5.41, 5.74) is -0.715. The summed E-state index contributed by atoms with van der Waals surface area (Å²) in [5, 5.41) is 0. The number of benzene rings is 1. The second-order valence-corrected chi connectivity index (χ2v) is 4.82. The standard InChI is InChI=1S/C9H5BrF3IO2/c1-16-8(15)4-2-6(10)5(3-7(4)14)9(11,12)13/h2-3H,1H3. The number of methoxy groups -OCH3 is 1. The molecular weight excluding hydrogens is 404 g/mol. The van der Waals surface area contributed by atoms with E-state index in [0.717, 1.165) is 12.1 Å². The number of hydrogen-bond acceptors (Lipinski definition) is 2. The van der Waals surface area contributed by atoms with Crippen molar-refractivity contribution < 1.29 is 22.7 Å². The zero-order valence-corrected chi connectivity index (χ0v) is 11.6. The summed E-state index contributed by atoms with van der Waals surface area (Å²) < 4.78 is 41.9. The van der Waals surface area contributed by atoms with E-state index in [2.05, 4.69) is 20.7 Å². The van der Waals surface area contributed by atoms with Crippen LogP contribution < -0.4 is 0 Å². The Kier molecular flexibility index (Phi) is 4.22. The van der Waals surface area contributed by atoms with Crippen molar-refractivity contribution >= 4 is 44.5 Å². The van der Waals surface area contributed by atoms with Crippen LogP contribution in [0.5, 0.6) is 0 Å². The Morgan fingerprint density at radius 1 is 1.44 bits per heavy atom. The largest absolute Gasteiger partial charge is 0.465 e. The Balaban J connectivity index is 3.33. The predicted octanol–water partition coefficient (Wildman–Crippen LogP) is 3.86. The van der Waals surface area contributed by atoms with Crippen LogP contribution in [0.2, 0.25) is 0 Å². The number of esters is 1. The molecule has 88 valence electrons. The lowest BCUT2D eigenvalue weighted by molar-refractivity contribution is -0.138. The number of rotatable bonds is 1. The van der Waals surface area contributed by atoms with Crippen LogP contribution in [0, 0.1) is 3.57 Å². The second-order valence-electron chi connectivity index (χ2n) is 2.80. The van der Waals surface area contributed by atoms with Crippen LogP contribution in [0.15, 0.2) is 16.6 Å². The fourth-order valence-corrected chi connectivity index (χ4v) is 2.29. The van der Waals surface area contributed by atoms with Crippen molar-refractivity contribution in [2.75, 3.05) is 7.11 Å². The molecule has 7 heteroatoms.